The molecule has 0 aromatic rings. The SMILES string of the molecule is CNC1C(O)C(OC2C(NC(=O)C(O)CC(O)CN)CC(N)C(OC3OC(CN=C(N)C(O)CO)CCC3N)C2O)OCC1(C)O. The van der Waals surface area contributed by atoms with Crippen molar-refractivity contribution in [2.75, 3.05) is 33.4 Å². The maximum absolute atomic E-state index is 12.9. The largest absolute Gasteiger partial charge is 0.393 e. The van der Waals surface area contributed by atoms with Gasteiger partial charge in [0.15, 0.2) is 12.6 Å². The molecule has 0 radical (unpaired) electrons. The predicted octanol–water partition coefficient (Wildman–Crippen LogP) is -7.00. The maximum atomic E-state index is 12.9. The van der Waals surface area contributed by atoms with Crippen molar-refractivity contribution in [3.63, 3.8) is 0 Å². The van der Waals surface area contributed by atoms with Crippen LogP contribution < -0.4 is 33.6 Å². The maximum Gasteiger partial charge on any atom is 0.249 e. The molecule has 3 aliphatic rings. The van der Waals surface area contributed by atoms with Crippen LogP contribution in [0, 0.1) is 0 Å². The fourth-order valence-corrected chi connectivity index (χ4v) is 5.90. The van der Waals surface area contributed by atoms with Crippen LogP contribution in [-0.4, -0.2) is 172 Å². The number of amidine groups is 1. The summed E-state index contributed by atoms with van der Waals surface area (Å²) >= 11 is 0. The molecule has 46 heavy (non-hydrogen) atoms. The molecule has 0 aromatic heterocycles. The molecule has 3 rings (SSSR count). The van der Waals surface area contributed by atoms with Crippen LogP contribution in [0.2, 0.25) is 0 Å². The number of carbonyl (C=O) groups excluding carboxylic acids is 1. The third-order valence-corrected chi connectivity index (χ3v) is 8.63. The Bertz CT molecular complexity index is 999. The van der Waals surface area contributed by atoms with E-state index < -0.39 is 104 Å². The van der Waals surface area contributed by atoms with Gasteiger partial charge in [0.05, 0.1) is 50.1 Å². The van der Waals surface area contributed by atoms with Crippen LogP contribution in [0.3, 0.4) is 0 Å². The Morgan fingerprint density at radius 1 is 1.07 bits per heavy atom. The Morgan fingerprint density at radius 2 is 1.74 bits per heavy atom. The lowest BCUT2D eigenvalue weighted by Gasteiger charge is -2.49. The summed E-state index contributed by atoms with van der Waals surface area (Å²) < 4.78 is 23.8. The second-order valence-electron chi connectivity index (χ2n) is 12.5. The summed E-state index contributed by atoms with van der Waals surface area (Å²) in [4.78, 5) is 16.9. The molecule has 0 bridgehead atoms. The van der Waals surface area contributed by atoms with Gasteiger partial charge in [0.1, 0.15) is 48.1 Å². The molecule has 1 aliphatic carbocycles. The number of ether oxygens (including phenoxy) is 4. The van der Waals surface area contributed by atoms with E-state index in [1.807, 2.05) is 0 Å². The smallest absolute Gasteiger partial charge is 0.249 e. The number of hydrogen-bond acceptors (Lipinski definition) is 17. The summed E-state index contributed by atoms with van der Waals surface area (Å²) in [5.74, 6) is -1.04. The van der Waals surface area contributed by atoms with Crippen molar-refractivity contribution < 1.29 is 59.5 Å². The number of nitrogens with one attached hydrogen (secondary N) is 2. The second-order valence-corrected chi connectivity index (χ2v) is 12.5. The third kappa shape index (κ3) is 9.71. The van der Waals surface area contributed by atoms with Crippen molar-refractivity contribution in [1.29, 1.82) is 0 Å². The van der Waals surface area contributed by atoms with Crippen LogP contribution in [-0.2, 0) is 23.7 Å². The molecule has 1 amide bonds. The van der Waals surface area contributed by atoms with E-state index in [0.717, 1.165) is 0 Å². The second kappa shape index (κ2) is 17.1. The van der Waals surface area contributed by atoms with Gasteiger partial charge in [-0.25, -0.2) is 0 Å². The van der Waals surface area contributed by atoms with E-state index in [4.69, 9.17) is 47.0 Å². The Hall–Kier alpha value is -1.66. The number of amides is 1. The monoisotopic (exact) mass is 667 g/mol. The summed E-state index contributed by atoms with van der Waals surface area (Å²) in [6.45, 7) is 0.520. The van der Waals surface area contributed by atoms with Gasteiger partial charge in [-0.15, -0.1) is 0 Å². The molecule has 268 valence electrons. The van der Waals surface area contributed by atoms with E-state index in [2.05, 4.69) is 15.6 Å². The zero-order chi connectivity index (χ0) is 34.3. The molecule has 2 heterocycles. The Balaban J connectivity index is 1.80. The van der Waals surface area contributed by atoms with Crippen molar-refractivity contribution >= 4 is 11.7 Å². The average molecular weight is 668 g/mol. The first-order valence-corrected chi connectivity index (χ1v) is 15.4. The van der Waals surface area contributed by atoms with E-state index in [1.165, 1.54) is 6.92 Å². The van der Waals surface area contributed by atoms with Crippen molar-refractivity contribution in [2.24, 2.45) is 27.9 Å². The van der Waals surface area contributed by atoms with Crippen LogP contribution >= 0.6 is 0 Å². The van der Waals surface area contributed by atoms with Crippen LogP contribution in [0.25, 0.3) is 0 Å². The molecule has 2 aliphatic heterocycles. The molecule has 3 fully saturated rings. The Morgan fingerprint density at radius 3 is 2.37 bits per heavy atom. The van der Waals surface area contributed by atoms with E-state index >= 15 is 0 Å². The fourth-order valence-electron chi connectivity index (χ4n) is 5.90. The molecule has 15 atom stereocenters. The fraction of sp³-hybridized carbons (Fsp3) is 0.926. The molecular weight excluding hydrogens is 614 g/mol. The number of likely N-dealkylation sites (N-methyl/N-ethyl adjacent to an activating group) is 1. The topological polar surface area (TPSA) is 336 Å². The van der Waals surface area contributed by atoms with Crippen molar-refractivity contribution in [1.82, 2.24) is 10.6 Å². The quantitative estimate of drug-likeness (QED) is 0.0604. The van der Waals surface area contributed by atoms with E-state index in [-0.39, 0.29) is 38.4 Å². The van der Waals surface area contributed by atoms with Gasteiger partial charge in [-0.1, -0.05) is 0 Å². The van der Waals surface area contributed by atoms with Crippen molar-refractivity contribution in [3.05, 3.63) is 0 Å². The molecule has 15 unspecified atom stereocenters. The molecule has 0 aromatic carbocycles. The summed E-state index contributed by atoms with van der Waals surface area (Å²) in [6.07, 6.45) is -11.9. The number of rotatable bonds is 14. The lowest BCUT2D eigenvalue weighted by molar-refractivity contribution is -0.307. The molecule has 17 N–H and O–H groups in total. The van der Waals surface area contributed by atoms with Gasteiger partial charge in [0, 0.05) is 19.0 Å². The lowest BCUT2D eigenvalue weighted by atomic mass is 9.83. The lowest BCUT2D eigenvalue weighted by Crippen LogP contribution is -2.69. The molecule has 2 saturated heterocycles. The first-order chi connectivity index (χ1) is 21.6. The number of hydrogen-bond donors (Lipinski definition) is 13. The zero-order valence-electron chi connectivity index (χ0n) is 26.2. The van der Waals surface area contributed by atoms with Gasteiger partial charge in [-0.2, -0.15) is 0 Å². The number of aliphatic imine (C=N–C) groups is 1. The minimum Gasteiger partial charge on any atom is -0.393 e. The Labute approximate surface area is 267 Å². The normalized spacial score (nSPS) is 41.0. The van der Waals surface area contributed by atoms with Crippen LogP contribution in [0.5, 0.6) is 0 Å². The van der Waals surface area contributed by atoms with Gasteiger partial charge in [-0.3, -0.25) is 9.79 Å². The van der Waals surface area contributed by atoms with Crippen molar-refractivity contribution in [2.45, 2.75) is 124 Å². The minimum atomic E-state index is -1.64. The first-order valence-electron chi connectivity index (χ1n) is 15.4. The first kappa shape index (κ1) is 38.8. The highest BCUT2D eigenvalue weighted by molar-refractivity contribution is 5.84. The van der Waals surface area contributed by atoms with E-state index in [0.29, 0.717) is 12.8 Å². The number of carbonyl (C=O) groups is 1. The molecule has 19 heteroatoms. The van der Waals surface area contributed by atoms with Gasteiger partial charge in [0.25, 0.3) is 0 Å². The number of aliphatic hydroxyl groups excluding tert-OH is 6. The highest BCUT2D eigenvalue weighted by Crippen LogP contribution is 2.32. The number of nitrogens with zero attached hydrogens (tertiary/aromatic N) is 1. The summed E-state index contributed by atoms with van der Waals surface area (Å²) in [5.41, 5.74) is 22.3. The van der Waals surface area contributed by atoms with Gasteiger partial charge in [-0.05, 0) is 33.2 Å². The number of aliphatic hydroxyl groups is 7. The molecular formula is C27H53N7O12. The van der Waals surface area contributed by atoms with Crippen LogP contribution in [0.4, 0.5) is 0 Å². The average Bonchev–Trinajstić information content (AvgIpc) is 3.01. The van der Waals surface area contributed by atoms with Crippen molar-refractivity contribution in [3.8, 4) is 0 Å². The third-order valence-electron chi connectivity index (χ3n) is 8.63. The van der Waals surface area contributed by atoms with E-state index in [1.54, 1.807) is 7.05 Å². The highest BCUT2D eigenvalue weighted by atomic mass is 16.7. The summed E-state index contributed by atoms with van der Waals surface area (Å²) in [5, 5.41) is 77.5. The molecule has 0 spiro atoms. The number of nitrogens with two attached hydrogens (primary N) is 4. The van der Waals surface area contributed by atoms with Crippen LogP contribution in [0.1, 0.15) is 32.6 Å². The van der Waals surface area contributed by atoms with Gasteiger partial charge < -0.3 is 88.3 Å². The van der Waals surface area contributed by atoms with Gasteiger partial charge >= 0.3 is 0 Å². The van der Waals surface area contributed by atoms with Gasteiger partial charge in [0.2, 0.25) is 5.91 Å². The summed E-state index contributed by atoms with van der Waals surface area (Å²) in [6, 6.07) is -3.45. The summed E-state index contributed by atoms with van der Waals surface area (Å²) in [7, 11) is 1.54. The minimum absolute atomic E-state index is 0.0362. The highest BCUT2D eigenvalue weighted by Gasteiger charge is 2.52. The molecule has 1 saturated carbocycles. The predicted molar refractivity (Wildman–Crippen MR) is 161 cm³/mol. The van der Waals surface area contributed by atoms with Crippen LogP contribution in [0.15, 0.2) is 4.99 Å². The Kier molecular flexibility index (Phi) is 14.4. The molecule has 19 nitrogen and oxygen atoms in total. The van der Waals surface area contributed by atoms with E-state index in [9.17, 15) is 35.4 Å². The standard InChI is InChI=1S/C27H53N7O12/c1-27(42)10-43-26(19(40)22(27)32-2)46-21-15(34-24(41)16(37)5-11(36)7-28)6-14(30)20(18(21)39)45-25-13(29)4-3-12(44-25)8-33-23(31)17(38)9-35/h11-22,25-26,32,35-40,42H,3-10,28-30H2,1-2H3,(H2,31,33)(H,34,41). The zero-order valence-corrected chi connectivity index (χ0v) is 26.2.